The second-order valence-electron chi connectivity index (χ2n) is 3.83. The summed E-state index contributed by atoms with van der Waals surface area (Å²) in [5.41, 5.74) is 0. The molecule has 0 aromatic heterocycles. The lowest BCUT2D eigenvalue weighted by atomic mass is 10.2. The predicted octanol–water partition coefficient (Wildman–Crippen LogP) is -0.236. The van der Waals surface area contributed by atoms with Gasteiger partial charge in [0.25, 0.3) is 0 Å². The van der Waals surface area contributed by atoms with Crippen LogP contribution >= 0.6 is 0 Å². The van der Waals surface area contributed by atoms with Crippen LogP contribution in [0, 0.1) is 11.3 Å². The van der Waals surface area contributed by atoms with E-state index in [0.29, 0.717) is 0 Å². The molecule has 7 heteroatoms. The summed E-state index contributed by atoms with van der Waals surface area (Å²) in [7, 11) is 1.46. The molecule has 0 aromatic carbocycles. The van der Waals surface area contributed by atoms with Gasteiger partial charge in [-0.3, -0.25) is 0 Å². The molecule has 0 aromatic rings. The van der Waals surface area contributed by atoms with Gasteiger partial charge in [-0.05, 0) is 13.8 Å². The highest BCUT2D eigenvalue weighted by Gasteiger charge is 2.27. The summed E-state index contributed by atoms with van der Waals surface area (Å²) < 4.78 is 0. The van der Waals surface area contributed by atoms with Crippen molar-refractivity contribution in [3.05, 3.63) is 0 Å². The fourth-order valence-electron chi connectivity index (χ4n) is 1.09. The Kier molecular flexibility index (Phi) is 5.99. The number of nitriles is 1. The number of aliphatic hydroxyl groups is 1. The molecule has 0 aliphatic carbocycles. The SMILES string of the molecule is CC(CC#N)N(C)C(=O)N[C@H](C(=O)O)[C@@H](C)O. The second-order valence-corrected chi connectivity index (χ2v) is 3.83. The van der Waals surface area contributed by atoms with E-state index in [1.54, 1.807) is 6.92 Å². The van der Waals surface area contributed by atoms with Gasteiger partial charge < -0.3 is 20.4 Å². The molecular formula is C10H17N3O4. The Morgan fingerprint density at radius 2 is 2.00 bits per heavy atom. The number of carbonyl (C=O) groups excluding carboxylic acids is 1. The zero-order valence-corrected chi connectivity index (χ0v) is 10.0. The van der Waals surface area contributed by atoms with E-state index in [9.17, 15) is 14.7 Å². The standard InChI is InChI=1S/C10H17N3O4/c1-6(4-5-11)13(3)10(17)12-8(7(2)14)9(15)16/h6-8,14H,4H2,1-3H3,(H,12,17)(H,15,16)/t6?,7-,8+/m1/s1. The van der Waals surface area contributed by atoms with Crippen molar-refractivity contribution in [1.82, 2.24) is 10.2 Å². The van der Waals surface area contributed by atoms with Crippen LogP contribution in [0.5, 0.6) is 0 Å². The van der Waals surface area contributed by atoms with Crippen LogP contribution in [-0.2, 0) is 4.79 Å². The largest absolute Gasteiger partial charge is 0.480 e. The first-order valence-corrected chi connectivity index (χ1v) is 5.12. The molecule has 17 heavy (non-hydrogen) atoms. The molecule has 2 amide bonds. The van der Waals surface area contributed by atoms with Crippen molar-refractivity contribution in [1.29, 1.82) is 5.26 Å². The van der Waals surface area contributed by atoms with Crippen molar-refractivity contribution in [3.8, 4) is 6.07 Å². The number of amides is 2. The Bertz CT molecular complexity index is 324. The van der Waals surface area contributed by atoms with Crippen LogP contribution in [0.15, 0.2) is 0 Å². The van der Waals surface area contributed by atoms with Crippen LogP contribution in [0.4, 0.5) is 4.79 Å². The molecule has 0 radical (unpaired) electrons. The first kappa shape index (κ1) is 15.2. The molecule has 0 aliphatic rings. The lowest BCUT2D eigenvalue weighted by Crippen LogP contribution is -2.53. The van der Waals surface area contributed by atoms with Crippen molar-refractivity contribution in [3.63, 3.8) is 0 Å². The van der Waals surface area contributed by atoms with E-state index in [4.69, 9.17) is 10.4 Å². The smallest absolute Gasteiger partial charge is 0.328 e. The number of aliphatic carboxylic acids is 1. The van der Waals surface area contributed by atoms with Crippen molar-refractivity contribution in [2.24, 2.45) is 0 Å². The van der Waals surface area contributed by atoms with E-state index in [2.05, 4.69) is 5.32 Å². The Labute approximate surface area is 99.6 Å². The van der Waals surface area contributed by atoms with Gasteiger partial charge >= 0.3 is 12.0 Å². The molecule has 0 heterocycles. The Morgan fingerprint density at radius 3 is 2.35 bits per heavy atom. The molecule has 0 fully saturated rings. The molecule has 0 aliphatic heterocycles. The molecule has 0 saturated carbocycles. The van der Waals surface area contributed by atoms with Crippen molar-refractivity contribution in [2.75, 3.05) is 7.05 Å². The number of carbonyl (C=O) groups is 2. The number of nitrogens with one attached hydrogen (secondary N) is 1. The van der Waals surface area contributed by atoms with E-state index in [1.807, 2.05) is 6.07 Å². The third-order valence-electron chi connectivity index (χ3n) is 2.40. The summed E-state index contributed by atoms with van der Waals surface area (Å²) in [6.07, 6.45) is -1.05. The van der Waals surface area contributed by atoms with Crippen LogP contribution in [0.1, 0.15) is 20.3 Å². The zero-order valence-electron chi connectivity index (χ0n) is 10.0. The van der Waals surface area contributed by atoms with Crippen LogP contribution in [0.2, 0.25) is 0 Å². The highest BCUT2D eigenvalue weighted by molar-refractivity contribution is 5.83. The van der Waals surface area contributed by atoms with Gasteiger partial charge in [0, 0.05) is 13.1 Å². The molecule has 3 N–H and O–H groups in total. The fraction of sp³-hybridized carbons (Fsp3) is 0.700. The highest BCUT2D eigenvalue weighted by Crippen LogP contribution is 2.02. The minimum absolute atomic E-state index is 0.149. The number of aliphatic hydroxyl groups excluding tert-OH is 1. The molecule has 96 valence electrons. The van der Waals surface area contributed by atoms with E-state index in [-0.39, 0.29) is 12.5 Å². The number of urea groups is 1. The molecular weight excluding hydrogens is 226 g/mol. The first-order valence-electron chi connectivity index (χ1n) is 5.12. The number of hydrogen-bond acceptors (Lipinski definition) is 4. The summed E-state index contributed by atoms with van der Waals surface area (Å²) in [4.78, 5) is 23.6. The quantitative estimate of drug-likeness (QED) is 0.617. The second kappa shape index (κ2) is 6.70. The zero-order chi connectivity index (χ0) is 13.6. The van der Waals surface area contributed by atoms with Crippen molar-refractivity contribution in [2.45, 2.75) is 38.5 Å². The fourth-order valence-corrected chi connectivity index (χ4v) is 1.09. The maximum absolute atomic E-state index is 11.6. The van der Waals surface area contributed by atoms with Gasteiger partial charge in [0.15, 0.2) is 6.04 Å². The maximum Gasteiger partial charge on any atom is 0.328 e. The topological polar surface area (TPSA) is 114 Å². The Hall–Kier alpha value is -1.81. The van der Waals surface area contributed by atoms with Gasteiger partial charge in [0.1, 0.15) is 0 Å². The highest BCUT2D eigenvalue weighted by atomic mass is 16.4. The molecule has 0 saturated heterocycles. The van der Waals surface area contributed by atoms with Crippen LogP contribution in [0.3, 0.4) is 0 Å². The van der Waals surface area contributed by atoms with Gasteiger partial charge in [-0.15, -0.1) is 0 Å². The number of nitrogens with zero attached hydrogens (tertiary/aromatic N) is 2. The molecule has 3 atom stereocenters. The van der Waals surface area contributed by atoms with Crippen molar-refractivity contribution >= 4 is 12.0 Å². The molecule has 1 unspecified atom stereocenters. The maximum atomic E-state index is 11.6. The monoisotopic (exact) mass is 243 g/mol. The molecule has 0 spiro atoms. The summed E-state index contributed by atoms with van der Waals surface area (Å²) in [6, 6.07) is -0.415. The van der Waals surface area contributed by atoms with Gasteiger partial charge in [0.2, 0.25) is 0 Å². The van der Waals surface area contributed by atoms with E-state index in [0.717, 1.165) is 0 Å². The normalized spacial score (nSPS) is 15.2. The summed E-state index contributed by atoms with van der Waals surface area (Å²) in [6.45, 7) is 2.94. The van der Waals surface area contributed by atoms with Crippen LogP contribution in [-0.4, -0.2) is 52.3 Å². The number of carboxylic acid groups (broad SMARTS) is 1. The third kappa shape index (κ3) is 4.70. The minimum Gasteiger partial charge on any atom is -0.480 e. The average molecular weight is 243 g/mol. The Morgan fingerprint density at radius 1 is 1.47 bits per heavy atom. The van der Waals surface area contributed by atoms with E-state index >= 15 is 0 Å². The van der Waals surface area contributed by atoms with Crippen LogP contribution < -0.4 is 5.32 Å². The van der Waals surface area contributed by atoms with Gasteiger partial charge in [-0.1, -0.05) is 0 Å². The third-order valence-corrected chi connectivity index (χ3v) is 2.40. The van der Waals surface area contributed by atoms with Gasteiger partial charge in [-0.25, -0.2) is 9.59 Å². The number of rotatable bonds is 5. The van der Waals surface area contributed by atoms with E-state index in [1.165, 1.54) is 18.9 Å². The van der Waals surface area contributed by atoms with Gasteiger partial charge in [-0.2, -0.15) is 5.26 Å². The summed E-state index contributed by atoms with van der Waals surface area (Å²) >= 11 is 0. The predicted molar refractivity (Wildman–Crippen MR) is 59.1 cm³/mol. The number of hydrogen-bond donors (Lipinski definition) is 3. The summed E-state index contributed by atoms with van der Waals surface area (Å²) in [5, 5.41) is 28.6. The molecule has 7 nitrogen and oxygen atoms in total. The van der Waals surface area contributed by atoms with Gasteiger partial charge in [0.05, 0.1) is 18.6 Å². The van der Waals surface area contributed by atoms with Crippen molar-refractivity contribution < 1.29 is 19.8 Å². The summed E-state index contributed by atoms with van der Waals surface area (Å²) in [5.74, 6) is -1.31. The first-order chi connectivity index (χ1) is 7.81. The average Bonchev–Trinajstić information content (AvgIpc) is 2.23. The van der Waals surface area contributed by atoms with E-state index < -0.39 is 24.1 Å². The lowest BCUT2D eigenvalue weighted by molar-refractivity contribution is -0.141. The molecule has 0 rings (SSSR count). The molecule has 0 bridgehead atoms. The number of carboxylic acids is 1. The Balaban J connectivity index is 4.52. The minimum atomic E-state index is -1.36. The van der Waals surface area contributed by atoms with Crippen LogP contribution in [0.25, 0.3) is 0 Å². The lowest BCUT2D eigenvalue weighted by Gasteiger charge is -2.26.